The van der Waals surface area contributed by atoms with Crippen LogP contribution in [0.1, 0.15) is 29.8 Å². The lowest BCUT2D eigenvalue weighted by Gasteiger charge is -2.28. The van der Waals surface area contributed by atoms with E-state index >= 15 is 0 Å². The van der Waals surface area contributed by atoms with Gasteiger partial charge in [0.05, 0.1) is 11.1 Å². The van der Waals surface area contributed by atoms with E-state index in [1.54, 1.807) is 48.5 Å². The van der Waals surface area contributed by atoms with Gasteiger partial charge in [-0.15, -0.1) is 0 Å². The van der Waals surface area contributed by atoms with Crippen LogP contribution in [0.3, 0.4) is 0 Å². The molecular weight excluding hydrogens is 456 g/mol. The van der Waals surface area contributed by atoms with E-state index in [1.807, 2.05) is 30.3 Å². The number of fused-ring (bicyclic) bond motifs is 1. The first-order chi connectivity index (χ1) is 17.6. The lowest BCUT2D eigenvalue weighted by Crippen LogP contribution is -2.29. The zero-order chi connectivity index (χ0) is 24.9. The summed E-state index contributed by atoms with van der Waals surface area (Å²) < 4.78 is 6.45. The molecule has 0 saturated carbocycles. The van der Waals surface area contributed by atoms with Gasteiger partial charge < -0.3 is 15.0 Å². The van der Waals surface area contributed by atoms with Gasteiger partial charge in [-0.3, -0.25) is 9.59 Å². The van der Waals surface area contributed by atoms with Gasteiger partial charge in [0.15, 0.2) is 12.3 Å². The van der Waals surface area contributed by atoms with E-state index in [9.17, 15) is 14.4 Å². The van der Waals surface area contributed by atoms with E-state index in [-0.39, 0.29) is 11.3 Å². The van der Waals surface area contributed by atoms with Gasteiger partial charge in [-0.1, -0.05) is 36.4 Å². The number of anilines is 2. The van der Waals surface area contributed by atoms with Gasteiger partial charge in [0.25, 0.3) is 11.5 Å². The lowest BCUT2D eigenvalue weighted by atomic mass is 10.1. The fraction of sp³-hybridized carbons (Fsp3) is 0.214. The Morgan fingerprint density at radius 3 is 2.19 bits per heavy atom. The van der Waals surface area contributed by atoms with Crippen molar-refractivity contribution < 1.29 is 14.3 Å². The Labute approximate surface area is 208 Å². The lowest BCUT2D eigenvalue weighted by molar-refractivity contribution is -0.119. The Kier molecular flexibility index (Phi) is 6.75. The minimum atomic E-state index is -0.786. The van der Waals surface area contributed by atoms with Gasteiger partial charge in [-0.25, -0.2) is 4.79 Å². The fourth-order valence-corrected chi connectivity index (χ4v) is 4.39. The summed E-state index contributed by atoms with van der Waals surface area (Å²) in [5.74, 6) is -1.25. The minimum Gasteiger partial charge on any atom is -0.451 e. The predicted octanol–water partition coefficient (Wildman–Crippen LogP) is 4.17. The highest BCUT2D eigenvalue weighted by molar-refractivity contribution is 6.03. The highest BCUT2D eigenvalue weighted by Crippen LogP contribution is 2.22. The second-order valence-electron chi connectivity index (χ2n) is 8.67. The van der Waals surface area contributed by atoms with Crippen molar-refractivity contribution >= 4 is 34.0 Å². The molecule has 0 radical (unpaired) electrons. The van der Waals surface area contributed by atoms with Gasteiger partial charge in [0.2, 0.25) is 0 Å². The van der Waals surface area contributed by atoms with Crippen molar-refractivity contribution in [1.82, 2.24) is 9.78 Å². The molecule has 0 atom stereocenters. The number of nitrogens with one attached hydrogen (secondary N) is 1. The number of para-hydroxylation sites is 1. The number of carbonyl (C=O) groups excluding carboxylic acids is 2. The normalized spacial score (nSPS) is 13.4. The van der Waals surface area contributed by atoms with E-state index in [2.05, 4.69) is 15.3 Å². The Hall–Kier alpha value is -4.46. The molecular formula is C28H26N4O4. The Balaban J connectivity index is 1.29. The average molecular weight is 483 g/mol. The molecule has 2 heterocycles. The van der Waals surface area contributed by atoms with Crippen molar-refractivity contribution in [3.63, 3.8) is 0 Å². The Morgan fingerprint density at radius 2 is 1.47 bits per heavy atom. The van der Waals surface area contributed by atoms with E-state index in [0.29, 0.717) is 22.1 Å². The van der Waals surface area contributed by atoms with Crippen molar-refractivity contribution in [3.05, 3.63) is 94.9 Å². The fourth-order valence-electron chi connectivity index (χ4n) is 4.39. The SMILES string of the molecule is O=C(COC(=O)c1nn(-c2ccccc2)c(=O)c2ccccc12)Nc1ccc(N2CCCCC2)cc1. The van der Waals surface area contributed by atoms with Crippen LogP contribution in [0, 0.1) is 0 Å². The standard InChI is InChI=1S/C28H26N4O4/c33-25(29-20-13-15-21(16-14-20)31-17-7-2-8-18-31)19-36-28(35)26-23-11-5-6-12-24(23)27(34)32(30-26)22-9-3-1-4-10-22/h1,3-6,9-16H,2,7-8,17-19H2,(H,29,33). The summed E-state index contributed by atoms with van der Waals surface area (Å²) in [6.07, 6.45) is 3.65. The van der Waals surface area contributed by atoms with Crippen molar-refractivity contribution in [2.75, 3.05) is 29.9 Å². The van der Waals surface area contributed by atoms with Crippen molar-refractivity contribution in [1.29, 1.82) is 0 Å². The quantitative estimate of drug-likeness (QED) is 0.415. The number of ether oxygens (including phenoxy) is 1. The van der Waals surface area contributed by atoms with Crippen LogP contribution in [-0.2, 0) is 9.53 Å². The molecule has 1 aromatic heterocycles. The van der Waals surface area contributed by atoms with Crippen molar-refractivity contribution in [2.45, 2.75) is 19.3 Å². The molecule has 4 aromatic rings. The molecule has 1 saturated heterocycles. The molecule has 8 heteroatoms. The molecule has 36 heavy (non-hydrogen) atoms. The molecule has 182 valence electrons. The third-order valence-corrected chi connectivity index (χ3v) is 6.21. The summed E-state index contributed by atoms with van der Waals surface area (Å²) >= 11 is 0. The first kappa shape index (κ1) is 23.3. The van der Waals surface area contributed by atoms with E-state index in [0.717, 1.165) is 18.8 Å². The summed E-state index contributed by atoms with van der Waals surface area (Å²) in [6, 6.07) is 23.2. The maximum atomic E-state index is 13.0. The number of aromatic nitrogens is 2. The zero-order valence-electron chi connectivity index (χ0n) is 19.7. The summed E-state index contributed by atoms with van der Waals surface area (Å²) in [6.45, 7) is 1.61. The van der Waals surface area contributed by atoms with E-state index in [4.69, 9.17) is 4.74 Å². The van der Waals surface area contributed by atoms with Crippen LogP contribution < -0.4 is 15.8 Å². The van der Waals surface area contributed by atoms with Crippen LogP contribution in [0.2, 0.25) is 0 Å². The predicted molar refractivity (Wildman–Crippen MR) is 139 cm³/mol. The number of hydrogen-bond acceptors (Lipinski definition) is 6. The zero-order valence-corrected chi connectivity index (χ0v) is 19.7. The van der Waals surface area contributed by atoms with Gasteiger partial charge in [-0.05, 0) is 61.7 Å². The first-order valence-corrected chi connectivity index (χ1v) is 12.0. The summed E-state index contributed by atoms with van der Waals surface area (Å²) in [5.41, 5.74) is 1.89. The second kappa shape index (κ2) is 10.4. The maximum Gasteiger partial charge on any atom is 0.359 e. The highest BCUT2D eigenvalue weighted by atomic mass is 16.5. The van der Waals surface area contributed by atoms with Crippen LogP contribution in [0.15, 0.2) is 83.7 Å². The molecule has 1 aliphatic heterocycles. The first-order valence-electron chi connectivity index (χ1n) is 12.0. The third-order valence-electron chi connectivity index (χ3n) is 6.21. The van der Waals surface area contributed by atoms with Gasteiger partial charge >= 0.3 is 5.97 Å². The Bertz CT molecular complexity index is 1440. The number of amides is 1. The topological polar surface area (TPSA) is 93.5 Å². The largest absolute Gasteiger partial charge is 0.451 e. The monoisotopic (exact) mass is 482 g/mol. The highest BCUT2D eigenvalue weighted by Gasteiger charge is 2.20. The number of rotatable bonds is 6. The smallest absolute Gasteiger partial charge is 0.359 e. The van der Waals surface area contributed by atoms with Gasteiger partial charge in [0, 0.05) is 29.9 Å². The molecule has 0 aliphatic carbocycles. The van der Waals surface area contributed by atoms with Crippen molar-refractivity contribution in [3.8, 4) is 5.69 Å². The molecule has 3 aromatic carbocycles. The van der Waals surface area contributed by atoms with Crippen LogP contribution in [0.25, 0.3) is 16.5 Å². The van der Waals surface area contributed by atoms with Gasteiger partial charge in [-0.2, -0.15) is 9.78 Å². The molecule has 0 bridgehead atoms. The second-order valence-corrected chi connectivity index (χ2v) is 8.67. The molecule has 1 amide bonds. The molecule has 1 fully saturated rings. The van der Waals surface area contributed by atoms with Crippen LogP contribution in [0.5, 0.6) is 0 Å². The number of hydrogen-bond donors (Lipinski definition) is 1. The summed E-state index contributed by atoms with van der Waals surface area (Å²) in [4.78, 5) is 40.7. The molecule has 8 nitrogen and oxygen atoms in total. The van der Waals surface area contributed by atoms with Crippen LogP contribution in [-0.4, -0.2) is 41.4 Å². The molecule has 5 rings (SSSR count). The van der Waals surface area contributed by atoms with Crippen LogP contribution >= 0.6 is 0 Å². The number of esters is 1. The summed E-state index contributed by atoms with van der Waals surface area (Å²) in [5, 5.41) is 7.74. The Morgan fingerprint density at radius 1 is 0.806 bits per heavy atom. The van der Waals surface area contributed by atoms with E-state index < -0.39 is 18.5 Å². The summed E-state index contributed by atoms with van der Waals surface area (Å²) in [7, 11) is 0. The number of piperidine rings is 1. The molecule has 0 unspecified atom stereocenters. The molecule has 0 spiro atoms. The number of nitrogens with zero attached hydrogens (tertiary/aromatic N) is 3. The van der Waals surface area contributed by atoms with Crippen molar-refractivity contribution in [2.24, 2.45) is 0 Å². The molecule has 1 aliphatic rings. The third kappa shape index (κ3) is 4.98. The molecule has 1 N–H and O–H groups in total. The number of carbonyl (C=O) groups is 2. The maximum absolute atomic E-state index is 13.0. The van der Waals surface area contributed by atoms with E-state index in [1.165, 1.54) is 23.9 Å². The number of benzene rings is 3. The average Bonchev–Trinajstić information content (AvgIpc) is 2.93. The van der Waals surface area contributed by atoms with Gasteiger partial charge in [0.1, 0.15) is 0 Å². The minimum absolute atomic E-state index is 0.0345. The van der Waals surface area contributed by atoms with Crippen LogP contribution in [0.4, 0.5) is 11.4 Å².